The van der Waals surface area contributed by atoms with Crippen LogP contribution in [0.4, 0.5) is 0 Å². The molecule has 0 fully saturated rings. The minimum atomic E-state index is -3.76. The van der Waals surface area contributed by atoms with Crippen molar-refractivity contribution in [3.63, 3.8) is 0 Å². The van der Waals surface area contributed by atoms with Crippen molar-refractivity contribution in [1.82, 2.24) is 25.6 Å². The van der Waals surface area contributed by atoms with E-state index in [1.165, 1.54) is 32.2 Å². The van der Waals surface area contributed by atoms with Crippen LogP contribution in [0.3, 0.4) is 0 Å². The van der Waals surface area contributed by atoms with Gasteiger partial charge in [-0.1, -0.05) is 25.5 Å². The van der Waals surface area contributed by atoms with Gasteiger partial charge in [0.15, 0.2) is 17.2 Å². The third kappa shape index (κ3) is 6.82. The first-order valence-electron chi connectivity index (χ1n) is 10.6. The van der Waals surface area contributed by atoms with Crippen molar-refractivity contribution in [3.8, 4) is 17.2 Å². The number of nitrogens with zero attached hydrogens (tertiary/aromatic N) is 3. The summed E-state index contributed by atoms with van der Waals surface area (Å²) in [5.41, 5.74) is 0.166. The highest BCUT2D eigenvalue weighted by atomic mass is 16.6. The largest absolute Gasteiger partial charge is 0.558 e. The van der Waals surface area contributed by atoms with Crippen LogP contribution < -0.4 is 24.8 Å². The van der Waals surface area contributed by atoms with Crippen molar-refractivity contribution < 1.29 is 38.9 Å². The summed E-state index contributed by atoms with van der Waals surface area (Å²) in [6.07, 6.45) is 1.49. The Kier molecular flexibility index (Phi) is 9.23. The average Bonchev–Trinajstić information content (AvgIpc) is 3.25. The van der Waals surface area contributed by atoms with Crippen LogP contribution in [-0.2, 0) is 6.54 Å². The van der Waals surface area contributed by atoms with Gasteiger partial charge in [-0.3, -0.25) is 9.59 Å². The first kappa shape index (κ1) is 26.9. The van der Waals surface area contributed by atoms with Gasteiger partial charge in [0.2, 0.25) is 5.75 Å². The van der Waals surface area contributed by atoms with Gasteiger partial charge in [0.25, 0.3) is 11.8 Å². The van der Waals surface area contributed by atoms with Crippen molar-refractivity contribution in [2.45, 2.75) is 32.8 Å². The molecule has 2 rings (SSSR count). The smallest absolute Gasteiger partial charge is 0.393 e. The van der Waals surface area contributed by atoms with Crippen LogP contribution in [0.2, 0.25) is 0 Å². The summed E-state index contributed by atoms with van der Waals surface area (Å²) >= 11 is 0. The van der Waals surface area contributed by atoms with Gasteiger partial charge in [0.05, 0.1) is 39.6 Å². The number of ether oxygens (including phenoxy) is 3. The second kappa shape index (κ2) is 11.7. The van der Waals surface area contributed by atoms with E-state index in [1.807, 2.05) is 13.8 Å². The van der Waals surface area contributed by atoms with Crippen molar-refractivity contribution in [3.05, 3.63) is 29.6 Å². The Labute approximate surface area is 197 Å². The summed E-state index contributed by atoms with van der Waals surface area (Å²) in [5, 5.41) is 41.3. The lowest BCUT2D eigenvalue weighted by atomic mass is 9.67. The highest BCUT2D eigenvalue weighted by Crippen LogP contribution is 2.39. The maximum Gasteiger partial charge on any atom is 0.393 e. The average molecular weight is 480 g/mol. The minimum Gasteiger partial charge on any atom is -0.558 e. The van der Waals surface area contributed by atoms with Crippen LogP contribution in [0.25, 0.3) is 0 Å². The van der Waals surface area contributed by atoms with Gasteiger partial charge >= 0.3 is 6.75 Å². The van der Waals surface area contributed by atoms with E-state index in [2.05, 4.69) is 20.9 Å². The van der Waals surface area contributed by atoms with Crippen LogP contribution in [-0.4, -0.2) is 82.5 Å². The van der Waals surface area contributed by atoms with E-state index in [-0.39, 0.29) is 42.4 Å². The molecule has 2 aromatic rings. The van der Waals surface area contributed by atoms with Gasteiger partial charge in [-0.15, -0.1) is 5.10 Å². The summed E-state index contributed by atoms with van der Waals surface area (Å²) in [7, 11) is 4.33. The predicted octanol–water partition coefficient (Wildman–Crippen LogP) is -0.667. The number of hydrogen-bond donors (Lipinski definition) is 5. The van der Waals surface area contributed by atoms with Crippen LogP contribution in [0.1, 0.15) is 41.1 Å². The Bertz CT molecular complexity index is 992. The molecule has 2 amide bonds. The van der Waals surface area contributed by atoms with Gasteiger partial charge < -0.3 is 39.9 Å². The van der Waals surface area contributed by atoms with E-state index >= 15 is 0 Å². The number of aromatic nitrogens is 3. The van der Waals surface area contributed by atoms with E-state index in [9.17, 15) is 24.7 Å². The number of hydrogen-bond acceptors (Lipinski definition) is 10. The fourth-order valence-electron chi connectivity index (χ4n) is 3.27. The molecule has 5 N–H and O–H groups in total. The van der Waals surface area contributed by atoms with Crippen molar-refractivity contribution in [2.75, 3.05) is 27.9 Å². The van der Waals surface area contributed by atoms with Crippen molar-refractivity contribution >= 4 is 18.6 Å². The number of amides is 2. The summed E-state index contributed by atoms with van der Waals surface area (Å²) in [6, 6.07) is 3.14. The Balaban J connectivity index is 1.99. The van der Waals surface area contributed by atoms with Gasteiger partial charge in [0.1, 0.15) is 0 Å². The van der Waals surface area contributed by atoms with E-state index in [0.29, 0.717) is 11.5 Å². The molecular weight excluding hydrogens is 449 g/mol. The molecular formula is C20H31BN5O8-. The van der Waals surface area contributed by atoms with E-state index in [1.54, 1.807) is 12.1 Å². The zero-order valence-electron chi connectivity index (χ0n) is 19.8. The molecule has 0 bridgehead atoms. The number of nitrogens with one attached hydrogen (secondary N) is 2. The van der Waals surface area contributed by atoms with Gasteiger partial charge in [0, 0.05) is 6.54 Å². The monoisotopic (exact) mass is 480 g/mol. The van der Waals surface area contributed by atoms with Crippen LogP contribution >= 0.6 is 0 Å². The minimum absolute atomic E-state index is 0.0124. The lowest BCUT2D eigenvalue weighted by Gasteiger charge is -2.33. The first-order chi connectivity index (χ1) is 16.0. The summed E-state index contributed by atoms with van der Waals surface area (Å²) < 4.78 is 17.1. The Hall–Kier alpha value is -3.36. The number of rotatable bonds is 12. The molecule has 0 aliphatic carbocycles. The molecule has 188 valence electrons. The maximum atomic E-state index is 12.6. The number of methoxy groups -OCH3 is 3. The quantitative estimate of drug-likeness (QED) is 0.245. The summed E-state index contributed by atoms with van der Waals surface area (Å²) in [5.74, 6) is -1.47. The van der Waals surface area contributed by atoms with Crippen LogP contribution in [0, 0.1) is 5.92 Å². The third-order valence-corrected chi connectivity index (χ3v) is 4.93. The first-order valence-corrected chi connectivity index (χ1v) is 10.6. The zero-order chi connectivity index (χ0) is 25.5. The fourth-order valence-corrected chi connectivity index (χ4v) is 3.27. The highest BCUT2D eigenvalue weighted by molar-refractivity contribution is 6.58. The zero-order valence-corrected chi connectivity index (χ0v) is 19.8. The molecule has 1 aromatic carbocycles. The second-order valence-electron chi connectivity index (χ2n) is 8.01. The molecule has 14 heteroatoms. The van der Waals surface area contributed by atoms with Gasteiger partial charge in [-0.25, -0.2) is 4.68 Å². The molecule has 1 atom stereocenters. The SMILES string of the molecule is COc1ccc(C(=O)NCCn2cc(C(=O)N[C@@H](CC(C)C)[B-](O)(O)O)nn2)c(OC)c1OC. The molecule has 34 heavy (non-hydrogen) atoms. The Morgan fingerprint density at radius 2 is 1.74 bits per heavy atom. The molecule has 0 unspecified atom stereocenters. The molecule has 0 saturated carbocycles. The number of carbonyl (C=O) groups excluding carboxylic acids is 2. The highest BCUT2D eigenvalue weighted by Gasteiger charge is 2.31. The molecule has 1 aromatic heterocycles. The molecule has 0 spiro atoms. The topological polar surface area (TPSA) is 177 Å². The summed E-state index contributed by atoms with van der Waals surface area (Å²) in [6.45, 7) is 0.219. The lowest BCUT2D eigenvalue weighted by Crippen LogP contribution is -2.58. The van der Waals surface area contributed by atoms with Crippen molar-refractivity contribution in [1.29, 1.82) is 0 Å². The third-order valence-electron chi connectivity index (χ3n) is 4.93. The van der Waals surface area contributed by atoms with Crippen molar-refractivity contribution in [2.24, 2.45) is 5.92 Å². The second-order valence-corrected chi connectivity index (χ2v) is 8.01. The van der Waals surface area contributed by atoms with Gasteiger partial charge in [-0.2, -0.15) is 0 Å². The number of carbonyl (C=O) groups is 2. The molecule has 0 aliphatic heterocycles. The molecule has 0 aliphatic rings. The fraction of sp³-hybridized carbons (Fsp3) is 0.500. The standard InChI is InChI=1S/C20H31BN5O8/c1-12(2)10-16(21(29,30)31)23-20(28)14-11-26(25-24-14)9-8-22-19(27)13-6-7-15(32-3)18(34-5)17(13)33-4/h6-7,11-12,16,29-31H,8-10H2,1-5H3,(H,22,27)(H,23,28)/q-1/t16-/m0/s1. The van der Waals surface area contributed by atoms with Crippen LogP contribution in [0.5, 0.6) is 17.2 Å². The Morgan fingerprint density at radius 1 is 1.06 bits per heavy atom. The van der Waals surface area contributed by atoms with E-state index < -0.39 is 24.5 Å². The summed E-state index contributed by atoms with van der Waals surface area (Å²) in [4.78, 5) is 25.0. The molecule has 1 heterocycles. The lowest BCUT2D eigenvalue weighted by molar-refractivity contribution is 0.0911. The normalized spacial score (nSPS) is 12.3. The van der Waals surface area contributed by atoms with Gasteiger partial charge in [-0.05, 0) is 24.0 Å². The Morgan fingerprint density at radius 3 is 2.29 bits per heavy atom. The molecule has 0 saturated heterocycles. The van der Waals surface area contributed by atoms with E-state index in [0.717, 1.165) is 0 Å². The molecule has 0 radical (unpaired) electrons. The number of benzene rings is 1. The van der Waals surface area contributed by atoms with E-state index in [4.69, 9.17) is 14.2 Å². The predicted molar refractivity (Wildman–Crippen MR) is 122 cm³/mol. The van der Waals surface area contributed by atoms with Crippen LogP contribution in [0.15, 0.2) is 18.3 Å². The maximum absolute atomic E-state index is 12.6. The molecule has 13 nitrogen and oxygen atoms in total.